The molecule has 31 heavy (non-hydrogen) atoms. The van der Waals surface area contributed by atoms with E-state index in [0.29, 0.717) is 29.3 Å². The molecule has 4 aromatic heterocycles. The van der Waals surface area contributed by atoms with Crippen molar-refractivity contribution in [2.24, 2.45) is 0 Å². The Balaban J connectivity index is 0.000000334. The van der Waals surface area contributed by atoms with Crippen LogP contribution in [0.3, 0.4) is 0 Å². The molecule has 1 aliphatic rings. The van der Waals surface area contributed by atoms with Crippen LogP contribution in [-0.4, -0.2) is 57.4 Å². The van der Waals surface area contributed by atoms with Crippen molar-refractivity contribution in [2.75, 3.05) is 32.2 Å². The van der Waals surface area contributed by atoms with Crippen LogP contribution in [0.1, 0.15) is 36.5 Å². The molecule has 0 bridgehead atoms. The van der Waals surface area contributed by atoms with E-state index < -0.39 is 5.97 Å². The van der Waals surface area contributed by atoms with Gasteiger partial charge in [-0.15, -0.1) is 0 Å². The molecule has 1 saturated heterocycles. The number of aromatic amines is 1. The van der Waals surface area contributed by atoms with Crippen LogP contribution in [0.5, 0.6) is 0 Å². The van der Waals surface area contributed by atoms with E-state index in [-0.39, 0.29) is 0 Å². The SMILES string of the molecule is C1CCOCC1.CCOC(=O)c1cnn2c(NC)cc(-c3c[nH]c4ncccc34)nc12. The van der Waals surface area contributed by atoms with E-state index in [9.17, 15) is 4.79 Å². The zero-order valence-electron chi connectivity index (χ0n) is 17.7. The summed E-state index contributed by atoms with van der Waals surface area (Å²) in [4.78, 5) is 24.3. The van der Waals surface area contributed by atoms with Gasteiger partial charge in [0.05, 0.1) is 18.5 Å². The molecular formula is C22H26N6O3. The molecule has 1 aliphatic heterocycles. The first-order valence-corrected chi connectivity index (χ1v) is 10.5. The van der Waals surface area contributed by atoms with Gasteiger partial charge in [0.25, 0.3) is 0 Å². The maximum absolute atomic E-state index is 12.2. The van der Waals surface area contributed by atoms with Crippen LogP contribution in [0.4, 0.5) is 5.82 Å². The van der Waals surface area contributed by atoms with Crippen molar-refractivity contribution in [3.05, 3.63) is 42.4 Å². The molecule has 2 N–H and O–H groups in total. The summed E-state index contributed by atoms with van der Waals surface area (Å²) in [5.74, 6) is 0.276. The minimum absolute atomic E-state index is 0.295. The number of hydrogen-bond donors (Lipinski definition) is 2. The molecule has 5 rings (SSSR count). The maximum atomic E-state index is 12.2. The van der Waals surface area contributed by atoms with E-state index >= 15 is 0 Å². The lowest BCUT2D eigenvalue weighted by Crippen LogP contribution is -2.07. The fourth-order valence-electron chi connectivity index (χ4n) is 3.49. The van der Waals surface area contributed by atoms with Crippen molar-refractivity contribution < 1.29 is 14.3 Å². The molecule has 5 heterocycles. The fraction of sp³-hybridized carbons (Fsp3) is 0.364. The topological polar surface area (TPSA) is 106 Å². The second-order valence-electron chi connectivity index (χ2n) is 7.07. The van der Waals surface area contributed by atoms with Crippen molar-refractivity contribution in [1.82, 2.24) is 24.6 Å². The Hall–Kier alpha value is -3.46. The molecule has 0 saturated carbocycles. The minimum atomic E-state index is -0.440. The first kappa shape index (κ1) is 20.8. The molecule has 4 aromatic rings. The summed E-state index contributed by atoms with van der Waals surface area (Å²) in [5.41, 5.74) is 3.17. The van der Waals surface area contributed by atoms with Crippen LogP contribution in [0.15, 0.2) is 36.8 Å². The van der Waals surface area contributed by atoms with Gasteiger partial charge in [-0.2, -0.15) is 9.61 Å². The Morgan fingerprint density at radius 3 is 2.84 bits per heavy atom. The van der Waals surface area contributed by atoms with Crippen LogP contribution < -0.4 is 5.32 Å². The van der Waals surface area contributed by atoms with Gasteiger partial charge >= 0.3 is 5.97 Å². The van der Waals surface area contributed by atoms with Crippen molar-refractivity contribution in [2.45, 2.75) is 26.2 Å². The Kier molecular flexibility index (Phi) is 6.42. The summed E-state index contributed by atoms with van der Waals surface area (Å²) < 4.78 is 11.8. The molecular weight excluding hydrogens is 396 g/mol. The highest BCUT2D eigenvalue weighted by Gasteiger charge is 2.19. The fourth-order valence-corrected chi connectivity index (χ4v) is 3.49. The summed E-state index contributed by atoms with van der Waals surface area (Å²) in [6.45, 7) is 4.06. The Morgan fingerprint density at radius 2 is 2.16 bits per heavy atom. The Labute approximate surface area is 179 Å². The highest BCUT2D eigenvalue weighted by atomic mass is 16.5. The number of anilines is 1. The predicted molar refractivity (Wildman–Crippen MR) is 118 cm³/mol. The molecule has 0 amide bonds. The number of aromatic nitrogens is 5. The molecule has 0 unspecified atom stereocenters. The van der Waals surface area contributed by atoms with Crippen molar-refractivity contribution in [1.29, 1.82) is 0 Å². The summed E-state index contributed by atoms with van der Waals surface area (Å²) in [7, 11) is 1.79. The highest BCUT2D eigenvalue weighted by molar-refractivity contribution is 5.97. The molecule has 9 heteroatoms. The predicted octanol–water partition coefficient (Wildman–Crippen LogP) is 3.68. The lowest BCUT2D eigenvalue weighted by atomic mass is 10.1. The number of rotatable bonds is 4. The minimum Gasteiger partial charge on any atom is -0.462 e. The number of nitrogens with one attached hydrogen (secondary N) is 2. The average Bonchev–Trinajstić information content (AvgIpc) is 3.44. The normalized spacial score (nSPS) is 13.6. The van der Waals surface area contributed by atoms with E-state index in [1.807, 2.05) is 24.4 Å². The molecule has 0 atom stereocenters. The number of hydrogen-bond acceptors (Lipinski definition) is 7. The second kappa shape index (κ2) is 9.57. The molecule has 0 spiro atoms. The molecule has 162 valence electrons. The summed E-state index contributed by atoms with van der Waals surface area (Å²) >= 11 is 0. The third kappa shape index (κ3) is 4.36. The Bertz CT molecular complexity index is 1170. The zero-order valence-corrected chi connectivity index (χ0v) is 17.7. The van der Waals surface area contributed by atoms with E-state index in [0.717, 1.165) is 29.8 Å². The third-order valence-electron chi connectivity index (χ3n) is 5.03. The van der Waals surface area contributed by atoms with E-state index in [4.69, 9.17) is 9.47 Å². The van der Waals surface area contributed by atoms with Crippen molar-refractivity contribution in [3.63, 3.8) is 0 Å². The molecule has 9 nitrogen and oxygen atoms in total. The van der Waals surface area contributed by atoms with E-state index in [1.165, 1.54) is 25.5 Å². The number of esters is 1. The largest absolute Gasteiger partial charge is 0.462 e. The number of H-pyrrole nitrogens is 1. The van der Waals surface area contributed by atoms with Gasteiger partial charge in [-0.25, -0.2) is 14.8 Å². The van der Waals surface area contributed by atoms with E-state index in [1.54, 1.807) is 24.7 Å². The number of pyridine rings is 1. The quantitative estimate of drug-likeness (QED) is 0.483. The van der Waals surface area contributed by atoms with Crippen LogP contribution in [0, 0.1) is 0 Å². The second-order valence-corrected chi connectivity index (χ2v) is 7.07. The first-order chi connectivity index (χ1) is 15.2. The highest BCUT2D eigenvalue weighted by Crippen LogP contribution is 2.29. The van der Waals surface area contributed by atoms with Crippen molar-refractivity contribution >= 4 is 28.5 Å². The van der Waals surface area contributed by atoms with Gasteiger partial charge in [-0.05, 0) is 38.3 Å². The average molecular weight is 422 g/mol. The molecule has 0 aliphatic carbocycles. The number of carbonyl (C=O) groups excluding carboxylic acids is 1. The third-order valence-corrected chi connectivity index (χ3v) is 5.03. The Morgan fingerprint density at radius 1 is 1.32 bits per heavy atom. The van der Waals surface area contributed by atoms with Gasteiger partial charge in [0.1, 0.15) is 17.0 Å². The van der Waals surface area contributed by atoms with Gasteiger partial charge in [-0.1, -0.05) is 0 Å². The summed E-state index contributed by atoms with van der Waals surface area (Å²) in [5, 5.41) is 8.29. The van der Waals surface area contributed by atoms with Gasteiger partial charge < -0.3 is 19.8 Å². The molecule has 0 radical (unpaired) electrons. The molecule has 0 aromatic carbocycles. The van der Waals surface area contributed by atoms with Crippen LogP contribution in [0.25, 0.3) is 27.9 Å². The molecule has 1 fully saturated rings. The zero-order chi connectivity index (χ0) is 21.6. The van der Waals surface area contributed by atoms with Crippen LogP contribution in [0.2, 0.25) is 0 Å². The van der Waals surface area contributed by atoms with Crippen molar-refractivity contribution in [3.8, 4) is 11.3 Å². The number of ether oxygens (including phenoxy) is 2. The van der Waals surface area contributed by atoms with Gasteiger partial charge in [0, 0.05) is 49.7 Å². The maximum Gasteiger partial charge on any atom is 0.343 e. The monoisotopic (exact) mass is 422 g/mol. The smallest absolute Gasteiger partial charge is 0.343 e. The first-order valence-electron chi connectivity index (χ1n) is 10.5. The van der Waals surface area contributed by atoms with Gasteiger partial charge in [0.15, 0.2) is 5.65 Å². The van der Waals surface area contributed by atoms with E-state index in [2.05, 4.69) is 25.4 Å². The van der Waals surface area contributed by atoms with Gasteiger partial charge in [-0.3, -0.25) is 0 Å². The lowest BCUT2D eigenvalue weighted by molar-refractivity contribution is 0.0528. The summed E-state index contributed by atoms with van der Waals surface area (Å²) in [6, 6.07) is 5.73. The standard InChI is InChI=1S/C17H16N6O2.C5H10O/c1-3-25-17(24)12-9-21-23-14(18-2)7-13(22-16(12)23)11-8-20-15-10(11)5-4-6-19-15;1-2-4-6-5-3-1/h4-9,18H,3H2,1-2H3,(H,19,20);1-5H2. The number of carbonyl (C=O) groups is 1. The lowest BCUT2D eigenvalue weighted by Gasteiger charge is -2.08. The van der Waals surface area contributed by atoms with Crippen LogP contribution in [-0.2, 0) is 9.47 Å². The summed E-state index contributed by atoms with van der Waals surface area (Å²) in [6.07, 6.45) is 8.99. The number of fused-ring (bicyclic) bond motifs is 2. The number of nitrogens with zero attached hydrogens (tertiary/aromatic N) is 4. The van der Waals surface area contributed by atoms with Crippen LogP contribution >= 0.6 is 0 Å². The van der Waals surface area contributed by atoms with Gasteiger partial charge in [0.2, 0.25) is 0 Å².